The summed E-state index contributed by atoms with van der Waals surface area (Å²) in [6.45, 7) is 3.87. The van der Waals surface area contributed by atoms with Crippen molar-refractivity contribution >= 4 is 44.9 Å². The van der Waals surface area contributed by atoms with Crippen LogP contribution < -0.4 is 10.9 Å². The van der Waals surface area contributed by atoms with Crippen molar-refractivity contribution in [2.24, 2.45) is 0 Å². The molecule has 158 valence electrons. The number of nitrogens with one attached hydrogen (secondary N) is 1. The van der Waals surface area contributed by atoms with Gasteiger partial charge in [0.1, 0.15) is 16.3 Å². The number of rotatable bonds is 5. The maximum Gasteiger partial charge on any atom is 0.276 e. The number of thioether (sulfide) groups is 1. The van der Waals surface area contributed by atoms with Gasteiger partial charge in [0.2, 0.25) is 5.91 Å². The van der Waals surface area contributed by atoms with E-state index in [1.54, 1.807) is 11.4 Å². The Morgan fingerprint density at radius 2 is 1.87 bits per heavy atom. The van der Waals surface area contributed by atoms with Gasteiger partial charge < -0.3 is 5.32 Å². The van der Waals surface area contributed by atoms with Crippen molar-refractivity contribution in [1.82, 2.24) is 9.55 Å². The number of fused-ring (bicyclic) bond motifs is 1. The summed E-state index contributed by atoms with van der Waals surface area (Å²) in [6.07, 6.45) is 0. The molecule has 0 saturated heterocycles. The van der Waals surface area contributed by atoms with E-state index in [1.165, 1.54) is 11.3 Å². The zero-order valence-corrected chi connectivity index (χ0v) is 18.2. The third kappa shape index (κ3) is 4.52. The van der Waals surface area contributed by atoms with Crippen LogP contribution in [0.15, 0.2) is 57.8 Å². The number of benzene rings is 2. The lowest BCUT2D eigenvalue weighted by Crippen LogP contribution is -2.22. The monoisotopic (exact) mass is 457 g/mol. The molecule has 1 N–H and O–H groups in total. The molecule has 2 aromatic heterocycles. The Balaban J connectivity index is 1.66. The molecule has 5 nitrogen and oxygen atoms in total. The first-order chi connectivity index (χ1) is 14.8. The van der Waals surface area contributed by atoms with Gasteiger partial charge in [-0.3, -0.25) is 14.2 Å². The van der Waals surface area contributed by atoms with E-state index in [0.717, 1.165) is 45.7 Å². The Morgan fingerprint density at radius 3 is 2.58 bits per heavy atom. The molecule has 4 aromatic rings. The molecule has 4 rings (SSSR count). The molecule has 2 aromatic carbocycles. The van der Waals surface area contributed by atoms with Gasteiger partial charge in [-0.1, -0.05) is 29.5 Å². The van der Waals surface area contributed by atoms with E-state index in [-0.39, 0.29) is 22.5 Å². The molecule has 9 heteroatoms. The van der Waals surface area contributed by atoms with Crippen molar-refractivity contribution in [3.05, 3.63) is 81.0 Å². The van der Waals surface area contributed by atoms with Crippen molar-refractivity contribution in [2.75, 3.05) is 11.1 Å². The summed E-state index contributed by atoms with van der Waals surface area (Å²) in [5.74, 6) is -1.94. The van der Waals surface area contributed by atoms with E-state index < -0.39 is 17.2 Å². The average molecular weight is 458 g/mol. The predicted molar refractivity (Wildman–Crippen MR) is 120 cm³/mol. The van der Waals surface area contributed by atoms with E-state index in [0.29, 0.717) is 15.9 Å². The first kappa shape index (κ1) is 21.2. The fraction of sp³-hybridized carbons (Fsp3) is 0.136. The van der Waals surface area contributed by atoms with Gasteiger partial charge in [0.05, 0.1) is 17.0 Å². The molecule has 0 aliphatic heterocycles. The SMILES string of the molecule is Cc1ccc(NC(=O)CSc2nc3ccsc3c(=O)n2-c2cc(F)cc(F)c2)c(C)c1. The highest BCUT2D eigenvalue weighted by Gasteiger charge is 2.17. The molecular formula is C22H17F2N3O2S2. The van der Waals surface area contributed by atoms with E-state index >= 15 is 0 Å². The van der Waals surface area contributed by atoms with E-state index in [1.807, 2.05) is 32.0 Å². The Bertz CT molecular complexity index is 1340. The molecule has 0 radical (unpaired) electrons. The zero-order valence-electron chi connectivity index (χ0n) is 16.6. The average Bonchev–Trinajstić information content (AvgIpc) is 3.17. The molecule has 31 heavy (non-hydrogen) atoms. The summed E-state index contributed by atoms with van der Waals surface area (Å²) in [5.41, 5.74) is 2.76. The van der Waals surface area contributed by atoms with Crippen LogP contribution >= 0.6 is 23.1 Å². The molecule has 0 spiro atoms. The van der Waals surface area contributed by atoms with Crippen LogP contribution in [0.5, 0.6) is 0 Å². The smallest absolute Gasteiger partial charge is 0.276 e. The van der Waals surface area contributed by atoms with Crippen LogP contribution in [0, 0.1) is 25.5 Å². The second-order valence-electron chi connectivity index (χ2n) is 6.95. The number of carbonyl (C=O) groups excluding carboxylic acids is 1. The Kier molecular flexibility index (Phi) is 5.88. The van der Waals surface area contributed by atoms with Crippen molar-refractivity contribution in [3.63, 3.8) is 0 Å². The predicted octanol–water partition coefficient (Wildman–Crippen LogP) is 5.07. The largest absolute Gasteiger partial charge is 0.325 e. The van der Waals surface area contributed by atoms with Crippen LogP contribution in [0.1, 0.15) is 11.1 Å². The van der Waals surface area contributed by atoms with E-state index in [2.05, 4.69) is 10.3 Å². The lowest BCUT2D eigenvalue weighted by atomic mass is 10.1. The molecule has 0 atom stereocenters. The minimum Gasteiger partial charge on any atom is -0.325 e. The van der Waals surface area contributed by atoms with Gasteiger partial charge in [0.25, 0.3) is 5.56 Å². The van der Waals surface area contributed by atoms with Crippen molar-refractivity contribution < 1.29 is 13.6 Å². The Labute approximate surface area is 184 Å². The molecule has 2 heterocycles. The van der Waals surface area contributed by atoms with E-state index in [4.69, 9.17) is 0 Å². The standard InChI is InChI=1S/C22H17F2N3O2S2/c1-12-3-4-17(13(2)7-12)25-19(28)11-31-22-26-18-5-6-30-20(18)21(29)27(22)16-9-14(23)8-15(24)10-16/h3-10H,11H2,1-2H3,(H,25,28). The highest BCUT2D eigenvalue weighted by Crippen LogP contribution is 2.25. The number of aromatic nitrogens is 2. The topological polar surface area (TPSA) is 64.0 Å². The molecule has 0 aliphatic rings. The number of anilines is 1. The summed E-state index contributed by atoms with van der Waals surface area (Å²) in [4.78, 5) is 30.0. The van der Waals surface area contributed by atoms with Gasteiger partial charge in [0, 0.05) is 11.8 Å². The Hall–Kier alpha value is -3.04. The maximum atomic E-state index is 13.8. The van der Waals surface area contributed by atoms with Crippen LogP contribution in [0.2, 0.25) is 0 Å². The summed E-state index contributed by atoms with van der Waals surface area (Å²) in [6, 6.07) is 10.2. The summed E-state index contributed by atoms with van der Waals surface area (Å²) >= 11 is 2.22. The van der Waals surface area contributed by atoms with Crippen molar-refractivity contribution in [1.29, 1.82) is 0 Å². The number of aryl methyl sites for hydroxylation is 2. The van der Waals surface area contributed by atoms with Crippen molar-refractivity contribution in [2.45, 2.75) is 19.0 Å². The van der Waals surface area contributed by atoms with Gasteiger partial charge in [-0.05, 0) is 49.1 Å². The second-order valence-corrected chi connectivity index (χ2v) is 8.81. The maximum absolute atomic E-state index is 13.8. The normalized spacial score (nSPS) is 11.1. The van der Waals surface area contributed by atoms with Gasteiger partial charge in [-0.25, -0.2) is 13.8 Å². The molecule has 0 fully saturated rings. The van der Waals surface area contributed by atoms with Gasteiger partial charge in [0.15, 0.2) is 5.16 Å². The lowest BCUT2D eigenvalue weighted by Gasteiger charge is -2.13. The number of hydrogen-bond acceptors (Lipinski definition) is 5. The highest BCUT2D eigenvalue weighted by atomic mass is 32.2. The highest BCUT2D eigenvalue weighted by molar-refractivity contribution is 7.99. The lowest BCUT2D eigenvalue weighted by molar-refractivity contribution is -0.113. The van der Waals surface area contributed by atoms with Crippen LogP contribution in [0.25, 0.3) is 15.9 Å². The molecule has 0 saturated carbocycles. The number of amides is 1. The summed E-state index contributed by atoms with van der Waals surface area (Å²) < 4.78 is 29.1. The van der Waals surface area contributed by atoms with Gasteiger partial charge in [-0.15, -0.1) is 11.3 Å². The molecule has 0 aliphatic carbocycles. The molecule has 0 unspecified atom stereocenters. The van der Waals surface area contributed by atoms with Crippen molar-refractivity contribution in [3.8, 4) is 5.69 Å². The minimum absolute atomic E-state index is 0.0163. The molecule has 1 amide bonds. The minimum atomic E-state index is -0.809. The first-order valence-electron chi connectivity index (χ1n) is 9.28. The number of carbonyl (C=O) groups is 1. The first-order valence-corrected chi connectivity index (χ1v) is 11.1. The third-order valence-corrected chi connectivity index (χ3v) is 6.37. The quantitative estimate of drug-likeness (QED) is 0.336. The van der Waals surface area contributed by atoms with Crippen LogP contribution in [-0.4, -0.2) is 21.2 Å². The number of halogens is 2. The third-order valence-electron chi connectivity index (χ3n) is 4.54. The number of thiophene rings is 1. The van der Waals surface area contributed by atoms with Crippen LogP contribution in [0.3, 0.4) is 0 Å². The van der Waals surface area contributed by atoms with E-state index in [9.17, 15) is 18.4 Å². The van der Waals surface area contributed by atoms with Crippen LogP contribution in [0.4, 0.5) is 14.5 Å². The fourth-order valence-electron chi connectivity index (χ4n) is 3.16. The zero-order chi connectivity index (χ0) is 22.1. The second kappa shape index (κ2) is 8.60. The fourth-order valence-corrected chi connectivity index (χ4v) is 4.73. The molecule has 0 bridgehead atoms. The Morgan fingerprint density at radius 1 is 1.13 bits per heavy atom. The summed E-state index contributed by atoms with van der Waals surface area (Å²) in [5, 5.41) is 4.74. The molecular weight excluding hydrogens is 440 g/mol. The van der Waals surface area contributed by atoms with Gasteiger partial charge in [-0.2, -0.15) is 0 Å². The van der Waals surface area contributed by atoms with Gasteiger partial charge >= 0.3 is 0 Å². The number of nitrogens with zero attached hydrogens (tertiary/aromatic N) is 2. The number of hydrogen-bond donors (Lipinski definition) is 1. The summed E-state index contributed by atoms with van der Waals surface area (Å²) in [7, 11) is 0. The van der Waals surface area contributed by atoms with Crippen LogP contribution in [-0.2, 0) is 4.79 Å².